The fourth-order valence-corrected chi connectivity index (χ4v) is 2.01. The fraction of sp³-hybridized carbons (Fsp3) is 0.154. The van der Waals surface area contributed by atoms with Crippen LogP contribution in [0.4, 0.5) is 5.69 Å². The Kier molecular flexibility index (Phi) is 3.97. The number of nitro groups is 1. The summed E-state index contributed by atoms with van der Waals surface area (Å²) in [5.74, 6) is 0. The zero-order chi connectivity index (χ0) is 13.8. The van der Waals surface area contributed by atoms with Crippen molar-refractivity contribution in [3.05, 3.63) is 73.6 Å². The summed E-state index contributed by atoms with van der Waals surface area (Å²) < 4.78 is 1.32. The Bertz CT molecular complexity index is 667. The predicted molar refractivity (Wildman–Crippen MR) is 72.5 cm³/mol. The van der Waals surface area contributed by atoms with E-state index in [2.05, 4.69) is 0 Å². The number of aryl methyl sites for hydroxylation is 2. The fourth-order valence-electron chi connectivity index (χ4n) is 1.78. The van der Waals surface area contributed by atoms with Gasteiger partial charge in [-0.25, -0.2) is 0 Å². The molecule has 0 atom stereocenters. The number of pyridine rings is 1. The van der Waals surface area contributed by atoms with Crippen LogP contribution in [0.25, 0.3) is 0 Å². The van der Waals surface area contributed by atoms with Gasteiger partial charge < -0.3 is 4.57 Å². The number of benzene rings is 1. The number of halogens is 1. The number of hydrogen-bond donors (Lipinski definition) is 0. The second-order valence-electron chi connectivity index (χ2n) is 3.99. The van der Waals surface area contributed by atoms with Crippen molar-refractivity contribution >= 4 is 17.3 Å². The van der Waals surface area contributed by atoms with E-state index in [-0.39, 0.29) is 0 Å². The first-order valence-electron chi connectivity index (χ1n) is 5.67. The molecule has 0 fully saturated rings. The molecule has 0 radical (unpaired) electrons. The molecule has 0 amide bonds. The number of rotatable bonds is 4. The summed E-state index contributed by atoms with van der Waals surface area (Å²) in [5.41, 5.74) is -0.108. The first-order valence-corrected chi connectivity index (χ1v) is 6.04. The summed E-state index contributed by atoms with van der Waals surface area (Å²) in [4.78, 5) is 21.8. The molecule has 2 aromatic rings. The highest BCUT2D eigenvalue weighted by molar-refractivity contribution is 6.31. The molecule has 2 rings (SSSR count). The average molecular weight is 279 g/mol. The SMILES string of the molecule is O=c1c([N+](=O)[O-])cccn1CCc1ccccc1Cl. The molecule has 0 N–H and O–H groups in total. The highest BCUT2D eigenvalue weighted by Crippen LogP contribution is 2.15. The van der Waals surface area contributed by atoms with Crippen LogP contribution in [0.2, 0.25) is 5.02 Å². The lowest BCUT2D eigenvalue weighted by molar-refractivity contribution is -0.386. The Labute approximate surface area is 114 Å². The van der Waals surface area contributed by atoms with Crippen molar-refractivity contribution in [2.24, 2.45) is 0 Å². The van der Waals surface area contributed by atoms with Gasteiger partial charge in [-0.2, -0.15) is 0 Å². The van der Waals surface area contributed by atoms with Crippen molar-refractivity contribution < 1.29 is 4.92 Å². The number of aromatic nitrogens is 1. The second kappa shape index (κ2) is 5.67. The minimum absolute atomic E-state index is 0.351. The lowest BCUT2D eigenvalue weighted by atomic mass is 10.1. The Morgan fingerprint density at radius 2 is 1.95 bits per heavy atom. The van der Waals surface area contributed by atoms with Gasteiger partial charge in [0, 0.05) is 23.8 Å². The van der Waals surface area contributed by atoms with Gasteiger partial charge in [0.05, 0.1) is 4.92 Å². The summed E-state index contributed by atoms with van der Waals surface area (Å²) in [6, 6.07) is 10.0. The molecule has 1 aromatic heterocycles. The molecule has 98 valence electrons. The van der Waals surface area contributed by atoms with E-state index in [0.29, 0.717) is 18.0 Å². The topological polar surface area (TPSA) is 65.1 Å². The summed E-state index contributed by atoms with van der Waals surface area (Å²) in [6.45, 7) is 0.351. The highest BCUT2D eigenvalue weighted by atomic mass is 35.5. The third kappa shape index (κ3) is 3.00. The molecule has 5 nitrogen and oxygen atoms in total. The highest BCUT2D eigenvalue weighted by Gasteiger charge is 2.13. The Morgan fingerprint density at radius 1 is 1.21 bits per heavy atom. The van der Waals surface area contributed by atoms with Gasteiger partial charge in [-0.15, -0.1) is 0 Å². The maximum Gasteiger partial charge on any atom is 0.334 e. The van der Waals surface area contributed by atoms with E-state index in [1.807, 2.05) is 18.2 Å². The van der Waals surface area contributed by atoms with Crippen LogP contribution in [0, 0.1) is 10.1 Å². The quantitative estimate of drug-likeness (QED) is 0.638. The zero-order valence-corrected chi connectivity index (χ0v) is 10.7. The van der Waals surface area contributed by atoms with Crippen LogP contribution >= 0.6 is 11.6 Å². The van der Waals surface area contributed by atoms with Crippen LogP contribution in [0.15, 0.2) is 47.4 Å². The van der Waals surface area contributed by atoms with Gasteiger partial charge >= 0.3 is 11.2 Å². The molecule has 1 aromatic carbocycles. The summed E-state index contributed by atoms with van der Waals surface area (Å²) in [5, 5.41) is 11.3. The largest absolute Gasteiger partial charge is 0.334 e. The lowest BCUT2D eigenvalue weighted by Crippen LogP contribution is -2.22. The van der Waals surface area contributed by atoms with Crippen molar-refractivity contribution in [1.82, 2.24) is 4.57 Å². The van der Waals surface area contributed by atoms with Crippen molar-refractivity contribution in [3.63, 3.8) is 0 Å². The van der Waals surface area contributed by atoms with Crippen LogP contribution in [0.3, 0.4) is 0 Å². The molecule has 0 aliphatic heterocycles. The third-order valence-electron chi connectivity index (χ3n) is 2.78. The minimum Gasteiger partial charge on any atom is -0.309 e. The van der Waals surface area contributed by atoms with E-state index in [4.69, 9.17) is 11.6 Å². The molecule has 0 spiro atoms. The van der Waals surface area contributed by atoms with Crippen LogP contribution < -0.4 is 5.56 Å². The smallest absolute Gasteiger partial charge is 0.309 e. The van der Waals surface area contributed by atoms with Crippen LogP contribution in [0.5, 0.6) is 0 Å². The van der Waals surface area contributed by atoms with Crippen molar-refractivity contribution in [2.45, 2.75) is 13.0 Å². The molecule has 0 aliphatic carbocycles. The standard InChI is InChI=1S/C13H11ClN2O3/c14-11-5-2-1-4-10(11)7-9-15-8-3-6-12(13(15)17)16(18)19/h1-6,8H,7,9H2. The third-order valence-corrected chi connectivity index (χ3v) is 3.15. The molecule has 0 aliphatic rings. The molecular weight excluding hydrogens is 268 g/mol. The number of nitrogens with zero attached hydrogens (tertiary/aromatic N) is 2. The van der Waals surface area contributed by atoms with E-state index in [1.54, 1.807) is 6.07 Å². The van der Waals surface area contributed by atoms with Gasteiger partial charge in [0.15, 0.2) is 0 Å². The van der Waals surface area contributed by atoms with E-state index >= 15 is 0 Å². The summed E-state index contributed by atoms with van der Waals surface area (Å²) in [7, 11) is 0. The Morgan fingerprint density at radius 3 is 2.63 bits per heavy atom. The molecule has 6 heteroatoms. The monoisotopic (exact) mass is 278 g/mol. The normalized spacial score (nSPS) is 10.4. The first kappa shape index (κ1) is 13.3. The summed E-state index contributed by atoms with van der Waals surface area (Å²) >= 11 is 6.02. The first-order chi connectivity index (χ1) is 9.09. The molecule has 19 heavy (non-hydrogen) atoms. The zero-order valence-electron chi connectivity index (χ0n) is 9.95. The van der Waals surface area contributed by atoms with Crippen molar-refractivity contribution in [2.75, 3.05) is 0 Å². The van der Waals surface area contributed by atoms with Crippen LogP contribution in [-0.4, -0.2) is 9.49 Å². The van der Waals surface area contributed by atoms with Gasteiger partial charge in [-0.3, -0.25) is 14.9 Å². The van der Waals surface area contributed by atoms with E-state index < -0.39 is 16.2 Å². The predicted octanol–water partition coefficient (Wildman–Crippen LogP) is 2.65. The lowest BCUT2D eigenvalue weighted by Gasteiger charge is -2.06. The van der Waals surface area contributed by atoms with E-state index in [0.717, 1.165) is 5.56 Å². The van der Waals surface area contributed by atoms with Crippen LogP contribution in [-0.2, 0) is 13.0 Å². The molecule has 0 saturated heterocycles. The van der Waals surface area contributed by atoms with Crippen molar-refractivity contribution in [3.8, 4) is 0 Å². The Hall–Kier alpha value is -2.14. The van der Waals surface area contributed by atoms with Gasteiger partial charge in [-0.05, 0) is 24.1 Å². The van der Waals surface area contributed by atoms with Gasteiger partial charge in [0.2, 0.25) is 0 Å². The molecule has 0 bridgehead atoms. The second-order valence-corrected chi connectivity index (χ2v) is 4.40. The van der Waals surface area contributed by atoms with Crippen LogP contribution in [0.1, 0.15) is 5.56 Å². The average Bonchev–Trinajstić information content (AvgIpc) is 2.39. The molecule has 0 saturated carbocycles. The van der Waals surface area contributed by atoms with Crippen molar-refractivity contribution in [1.29, 1.82) is 0 Å². The summed E-state index contributed by atoms with van der Waals surface area (Å²) in [6.07, 6.45) is 2.08. The Balaban J connectivity index is 2.21. The van der Waals surface area contributed by atoms with Gasteiger partial charge in [0.1, 0.15) is 0 Å². The maximum absolute atomic E-state index is 11.8. The van der Waals surface area contributed by atoms with Gasteiger partial charge in [-0.1, -0.05) is 29.8 Å². The van der Waals surface area contributed by atoms with E-state index in [1.165, 1.54) is 22.9 Å². The molecule has 0 unspecified atom stereocenters. The van der Waals surface area contributed by atoms with E-state index in [9.17, 15) is 14.9 Å². The maximum atomic E-state index is 11.8. The van der Waals surface area contributed by atoms with Gasteiger partial charge in [0.25, 0.3) is 0 Å². The molecule has 1 heterocycles. The molecular formula is C13H11ClN2O3. The number of hydrogen-bond acceptors (Lipinski definition) is 3. The minimum atomic E-state index is -0.672.